The molecule has 28 heavy (non-hydrogen) atoms. The molecule has 0 aliphatic rings. The maximum atomic E-state index is 12.1. The molecule has 0 aliphatic heterocycles. The van der Waals surface area contributed by atoms with Crippen LogP contribution in [0.1, 0.15) is 6.42 Å². The molecule has 2 aromatic heterocycles. The number of pyridine rings is 1. The fourth-order valence-electron chi connectivity index (χ4n) is 2.64. The Balaban J connectivity index is 0.000000292. The van der Waals surface area contributed by atoms with Crippen LogP contribution in [0.2, 0.25) is 5.02 Å². The van der Waals surface area contributed by atoms with Gasteiger partial charge in [0.15, 0.2) is 5.65 Å². The van der Waals surface area contributed by atoms with Crippen LogP contribution >= 0.6 is 34.8 Å². The molecule has 0 fully saturated rings. The zero-order chi connectivity index (χ0) is 20.4. The SMILES string of the molecule is Nc1cccc(Cl)c1.O=c1n(CCCN(CCCl)CCCl)nc2ccccn12. The summed E-state index contributed by atoms with van der Waals surface area (Å²) in [7, 11) is 0. The molecule has 0 saturated carbocycles. The average Bonchev–Trinajstić information content (AvgIpc) is 2.99. The molecule has 152 valence electrons. The predicted octanol–water partition coefficient (Wildman–Crippen LogP) is 3.59. The number of rotatable bonds is 8. The van der Waals surface area contributed by atoms with Crippen molar-refractivity contribution in [2.75, 3.05) is 37.1 Å². The molecule has 1 aromatic carbocycles. The molecule has 6 nitrogen and oxygen atoms in total. The van der Waals surface area contributed by atoms with Crippen LogP contribution in [0, 0.1) is 0 Å². The smallest absolute Gasteiger partial charge is 0.350 e. The van der Waals surface area contributed by atoms with Crippen LogP contribution in [0.5, 0.6) is 0 Å². The van der Waals surface area contributed by atoms with E-state index >= 15 is 0 Å². The van der Waals surface area contributed by atoms with Crippen molar-refractivity contribution in [2.24, 2.45) is 0 Å². The number of nitrogen functional groups attached to an aromatic ring is 1. The molecular formula is C19H24Cl3N5O. The third-order valence-electron chi connectivity index (χ3n) is 3.98. The number of halogens is 3. The highest BCUT2D eigenvalue weighted by Crippen LogP contribution is 2.10. The summed E-state index contributed by atoms with van der Waals surface area (Å²) >= 11 is 17.1. The van der Waals surface area contributed by atoms with E-state index in [0.29, 0.717) is 34.7 Å². The van der Waals surface area contributed by atoms with E-state index in [2.05, 4.69) is 10.00 Å². The van der Waals surface area contributed by atoms with E-state index < -0.39 is 0 Å². The molecule has 3 rings (SSSR count). The van der Waals surface area contributed by atoms with Crippen LogP contribution in [0.15, 0.2) is 53.5 Å². The van der Waals surface area contributed by atoms with Gasteiger partial charge in [-0.2, -0.15) is 0 Å². The summed E-state index contributed by atoms with van der Waals surface area (Å²) in [5, 5.41) is 4.98. The second kappa shape index (κ2) is 12.0. The number of nitrogens with two attached hydrogens (primary N) is 1. The molecule has 2 N–H and O–H groups in total. The van der Waals surface area contributed by atoms with Gasteiger partial charge < -0.3 is 10.6 Å². The normalized spacial score (nSPS) is 10.9. The minimum atomic E-state index is -0.0955. The largest absolute Gasteiger partial charge is 0.399 e. The Labute approximate surface area is 179 Å². The van der Waals surface area contributed by atoms with Crippen molar-refractivity contribution in [1.29, 1.82) is 0 Å². The van der Waals surface area contributed by atoms with Crippen molar-refractivity contribution in [3.8, 4) is 0 Å². The molecule has 0 bridgehead atoms. The van der Waals surface area contributed by atoms with Crippen LogP contribution in [0.4, 0.5) is 5.69 Å². The molecule has 9 heteroatoms. The fraction of sp³-hybridized carbons (Fsp3) is 0.368. The van der Waals surface area contributed by atoms with Crippen LogP contribution in [0.25, 0.3) is 5.65 Å². The molecular weight excluding hydrogens is 421 g/mol. The van der Waals surface area contributed by atoms with Crippen molar-refractivity contribution < 1.29 is 0 Å². The third kappa shape index (κ3) is 7.02. The van der Waals surface area contributed by atoms with Gasteiger partial charge in [0.25, 0.3) is 0 Å². The first kappa shape index (κ1) is 22.6. The molecule has 0 atom stereocenters. The van der Waals surface area contributed by atoms with E-state index in [0.717, 1.165) is 26.1 Å². The summed E-state index contributed by atoms with van der Waals surface area (Å²) in [6.45, 7) is 3.09. The maximum Gasteiger partial charge on any atom is 0.350 e. The summed E-state index contributed by atoms with van der Waals surface area (Å²) in [4.78, 5) is 14.3. The zero-order valence-electron chi connectivity index (χ0n) is 15.5. The number of benzene rings is 1. The fourth-order valence-corrected chi connectivity index (χ4v) is 3.32. The lowest BCUT2D eigenvalue weighted by molar-refractivity contribution is 0.293. The number of hydrogen-bond acceptors (Lipinski definition) is 4. The standard InChI is InChI=1S/C13H18Cl2N4O.C6H6ClN/c14-5-10-17(11-6-15)7-3-9-19-13(20)18-8-2-1-4-12(18)16-19;7-5-2-1-3-6(8)4-5/h1-2,4,8H,3,5-7,9-11H2;1-4H,8H2. The Bertz CT molecular complexity index is 888. The third-order valence-corrected chi connectivity index (χ3v) is 4.56. The summed E-state index contributed by atoms with van der Waals surface area (Å²) < 4.78 is 3.06. The van der Waals surface area contributed by atoms with Crippen LogP contribution in [0.3, 0.4) is 0 Å². The number of anilines is 1. The number of alkyl halides is 2. The Kier molecular flexibility index (Phi) is 9.64. The minimum absolute atomic E-state index is 0.0955. The van der Waals surface area contributed by atoms with Crippen LogP contribution in [-0.2, 0) is 6.54 Å². The van der Waals surface area contributed by atoms with Crippen LogP contribution < -0.4 is 11.4 Å². The van der Waals surface area contributed by atoms with Gasteiger partial charge in [0.2, 0.25) is 0 Å². The van der Waals surface area contributed by atoms with Gasteiger partial charge in [-0.05, 0) is 43.3 Å². The first-order chi connectivity index (χ1) is 13.5. The van der Waals surface area contributed by atoms with Crippen molar-refractivity contribution in [3.05, 3.63) is 64.2 Å². The Morgan fingerprint density at radius 2 is 1.79 bits per heavy atom. The lowest BCUT2D eigenvalue weighted by Gasteiger charge is -2.19. The predicted molar refractivity (Wildman–Crippen MR) is 118 cm³/mol. The van der Waals surface area contributed by atoms with E-state index in [1.54, 1.807) is 28.8 Å². The molecule has 0 aliphatic carbocycles. The molecule has 0 saturated heterocycles. The van der Waals surface area contributed by atoms with E-state index in [-0.39, 0.29) is 5.69 Å². The van der Waals surface area contributed by atoms with Gasteiger partial charge >= 0.3 is 5.69 Å². The Morgan fingerprint density at radius 3 is 2.36 bits per heavy atom. The molecule has 3 aromatic rings. The molecule has 0 amide bonds. The number of nitrogens with zero attached hydrogens (tertiary/aromatic N) is 4. The van der Waals surface area contributed by atoms with E-state index in [1.807, 2.05) is 24.3 Å². The Hall–Kier alpha value is -1.73. The van der Waals surface area contributed by atoms with Gasteiger partial charge in [-0.25, -0.2) is 9.48 Å². The number of aryl methyl sites for hydroxylation is 1. The first-order valence-corrected chi connectivity index (χ1v) is 10.4. The average molecular weight is 445 g/mol. The van der Waals surface area contributed by atoms with Crippen molar-refractivity contribution in [3.63, 3.8) is 0 Å². The van der Waals surface area contributed by atoms with E-state index in [1.165, 1.54) is 4.68 Å². The van der Waals surface area contributed by atoms with Crippen molar-refractivity contribution in [1.82, 2.24) is 19.1 Å². The Morgan fingerprint density at radius 1 is 1.04 bits per heavy atom. The molecule has 2 heterocycles. The van der Waals surface area contributed by atoms with Gasteiger partial charge in [0.05, 0.1) is 0 Å². The topological polar surface area (TPSA) is 68.6 Å². The maximum absolute atomic E-state index is 12.1. The van der Waals surface area contributed by atoms with E-state index in [9.17, 15) is 4.79 Å². The quantitative estimate of drug-likeness (QED) is 0.426. The lowest BCUT2D eigenvalue weighted by Crippen LogP contribution is -2.30. The van der Waals surface area contributed by atoms with Crippen molar-refractivity contribution >= 4 is 46.1 Å². The second-order valence-corrected chi connectivity index (χ2v) is 7.26. The van der Waals surface area contributed by atoms with E-state index in [4.69, 9.17) is 40.5 Å². The monoisotopic (exact) mass is 443 g/mol. The summed E-state index contributed by atoms with van der Waals surface area (Å²) in [6, 6.07) is 12.6. The van der Waals surface area contributed by atoms with Gasteiger partial charge in [0.1, 0.15) is 0 Å². The molecule has 0 radical (unpaired) electrons. The molecule has 0 spiro atoms. The van der Waals surface area contributed by atoms with Crippen LogP contribution in [-0.4, -0.2) is 50.5 Å². The summed E-state index contributed by atoms with van der Waals surface area (Å²) in [6.07, 6.45) is 2.58. The number of aromatic nitrogens is 3. The van der Waals surface area contributed by atoms with Crippen molar-refractivity contribution in [2.45, 2.75) is 13.0 Å². The highest BCUT2D eigenvalue weighted by atomic mass is 35.5. The number of hydrogen-bond donors (Lipinski definition) is 1. The highest BCUT2D eigenvalue weighted by Gasteiger charge is 2.07. The summed E-state index contributed by atoms with van der Waals surface area (Å²) in [5.74, 6) is 1.18. The van der Waals surface area contributed by atoms with Gasteiger partial charge in [0, 0.05) is 48.3 Å². The first-order valence-electron chi connectivity index (χ1n) is 8.94. The zero-order valence-corrected chi connectivity index (χ0v) is 17.7. The van der Waals surface area contributed by atoms with Gasteiger partial charge in [-0.15, -0.1) is 28.3 Å². The highest BCUT2D eigenvalue weighted by molar-refractivity contribution is 6.30. The molecule has 0 unspecified atom stereocenters. The number of fused-ring (bicyclic) bond motifs is 1. The summed E-state index contributed by atoms with van der Waals surface area (Å²) in [5.41, 5.74) is 6.66. The lowest BCUT2D eigenvalue weighted by atomic mass is 10.3. The van der Waals surface area contributed by atoms with Gasteiger partial charge in [-0.3, -0.25) is 4.40 Å². The second-order valence-electron chi connectivity index (χ2n) is 6.06. The minimum Gasteiger partial charge on any atom is -0.399 e. The van der Waals surface area contributed by atoms with Gasteiger partial charge in [-0.1, -0.05) is 23.7 Å².